The Bertz CT molecular complexity index is 600. The highest BCUT2D eigenvalue weighted by Gasteiger charge is 2.55. The maximum atomic E-state index is 14.2. The van der Waals surface area contributed by atoms with Crippen LogP contribution in [0.25, 0.3) is 0 Å². The first-order valence-electron chi connectivity index (χ1n) is 6.25. The number of hydrogen-bond donors (Lipinski definition) is 0. The highest BCUT2D eigenvalue weighted by Crippen LogP contribution is 2.41. The molecule has 2 rings (SSSR count). The molecule has 0 radical (unpaired) electrons. The first-order chi connectivity index (χ1) is 9.71. The van der Waals surface area contributed by atoms with E-state index in [9.17, 15) is 32.5 Å². The molecule has 0 N–H and O–H groups in total. The number of benzene rings is 1. The molecule has 0 spiro atoms. The molecule has 8 heteroatoms. The number of carbonyl (C=O) groups is 1. The quantitative estimate of drug-likeness (QED) is 0.477. The molecule has 21 heavy (non-hydrogen) atoms. The second-order valence-electron chi connectivity index (χ2n) is 4.91. The summed E-state index contributed by atoms with van der Waals surface area (Å²) < 4.78 is 52.3. The molecular formula is C13H11F4NO3. The summed E-state index contributed by atoms with van der Waals surface area (Å²) in [5, 5.41) is 11.3. The highest BCUT2D eigenvalue weighted by atomic mass is 19.4. The van der Waals surface area contributed by atoms with Gasteiger partial charge in [-0.1, -0.05) is 6.07 Å². The van der Waals surface area contributed by atoms with E-state index in [-0.39, 0.29) is 19.3 Å². The molecule has 1 aliphatic rings. The van der Waals surface area contributed by atoms with Gasteiger partial charge in [0.25, 0.3) is 0 Å². The van der Waals surface area contributed by atoms with Gasteiger partial charge < -0.3 is 0 Å². The Kier molecular flexibility index (Phi) is 3.73. The molecule has 0 saturated heterocycles. The molecule has 1 aromatic carbocycles. The molecule has 114 valence electrons. The van der Waals surface area contributed by atoms with Crippen molar-refractivity contribution in [3.05, 3.63) is 45.3 Å². The van der Waals surface area contributed by atoms with Gasteiger partial charge in [0.15, 0.2) is 0 Å². The molecule has 0 bridgehead atoms. The van der Waals surface area contributed by atoms with Gasteiger partial charge in [-0.15, -0.1) is 0 Å². The number of rotatable bonds is 2. The fourth-order valence-corrected chi connectivity index (χ4v) is 2.66. The van der Waals surface area contributed by atoms with Crippen LogP contribution in [0.3, 0.4) is 0 Å². The van der Waals surface area contributed by atoms with Crippen LogP contribution in [0.15, 0.2) is 18.2 Å². The van der Waals surface area contributed by atoms with Crippen LogP contribution in [0.5, 0.6) is 0 Å². The summed E-state index contributed by atoms with van der Waals surface area (Å²) in [5.74, 6) is -2.59. The zero-order valence-corrected chi connectivity index (χ0v) is 10.7. The lowest BCUT2D eigenvalue weighted by atomic mass is 9.75. The van der Waals surface area contributed by atoms with Crippen LogP contribution in [0.2, 0.25) is 0 Å². The number of nitrogens with zero attached hydrogens (tertiary/aromatic N) is 1. The average Bonchev–Trinajstić information content (AvgIpc) is 2.38. The van der Waals surface area contributed by atoms with E-state index in [1.54, 1.807) is 0 Å². The summed E-state index contributed by atoms with van der Waals surface area (Å²) in [6, 6.07) is 2.27. The number of alkyl halides is 3. The van der Waals surface area contributed by atoms with Crippen LogP contribution >= 0.6 is 0 Å². The number of Topliss-reactive ketones (excluding diaryl/α,β-unsaturated/α-hetero) is 1. The third kappa shape index (κ3) is 2.38. The van der Waals surface area contributed by atoms with Gasteiger partial charge in [-0.3, -0.25) is 14.9 Å². The second kappa shape index (κ2) is 5.09. The molecule has 1 saturated carbocycles. The molecule has 1 aliphatic carbocycles. The van der Waals surface area contributed by atoms with Gasteiger partial charge in [-0.2, -0.15) is 13.2 Å². The second-order valence-corrected chi connectivity index (χ2v) is 4.91. The van der Waals surface area contributed by atoms with Crippen molar-refractivity contribution in [1.29, 1.82) is 0 Å². The van der Waals surface area contributed by atoms with Gasteiger partial charge in [0.1, 0.15) is 5.82 Å². The lowest BCUT2D eigenvalue weighted by Crippen LogP contribution is -2.46. The fourth-order valence-electron chi connectivity index (χ4n) is 2.66. The SMILES string of the molecule is O=C1CCCCC1(c1cccc(C(F)(F)F)c1F)[N+](=O)[O-]. The minimum Gasteiger partial charge on any atom is -0.291 e. The van der Waals surface area contributed by atoms with Crippen molar-refractivity contribution in [2.45, 2.75) is 37.4 Å². The number of nitro groups is 1. The van der Waals surface area contributed by atoms with Crippen molar-refractivity contribution >= 4 is 5.78 Å². The molecule has 1 unspecified atom stereocenters. The predicted molar refractivity (Wildman–Crippen MR) is 63.5 cm³/mol. The van der Waals surface area contributed by atoms with Gasteiger partial charge in [-0.05, 0) is 25.0 Å². The van der Waals surface area contributed by atoms with Crippen LogP contribution in [-0.4, -0.2) is 10.7 Å². The van der Waals surface area contributed by atoms with Gasteiger partial charge >= 0.3 is 11.7 Å². The average molecular weight is 305 g/mol. The first kappa shape index (κ1) is 15.4. The zero-order chi connectivity index (χ0) is 15.8. The molecule has 0 aliphatic heterocycles. The molecule has 0 aromatic heterocycles. The Morgan fingerprint density at radius 1 is 1.24 bits per heavy atom. The molecule has 4 nitrogen and oxygen atoms in total. The lowest BCUT2D eigenvalue weighted by molar-refractivity contribution is -0.563. The van der Waals surface area contributed by atoms with Crippen molar-refractivity contribution in [1.82, 2.24) is 0 Å². The predicted octanol–water partition coefficient (Wildman–Crippen LogP) is 3.46. The van der Waals surface area contributed by atoms with Crippen molar-refractivity contribution in [3.63, 3.8) is 0 Å². The third-order valence-corrected chi connectivity index (χ3v) is 3.72. The number of ketones is 1. The van der Waals surface area contributed by atoms with Crippen LogP contribution in [-0.2, 0) is 16.5 Å². The Morgan fingerprint density at radius 3 is 2.43 bits per heavy atom. The Hall–Kier alpha value is -1.99. The number of hydrogen-bond acceptors (Lipinski definition) is 3. The van der Waals surface area contributed by atoms with Crippen molar-refractivity contribution < 1.29 is 27.3 Å². The monoisotopic (exact) mass is 305 g/mol. The van der Waals surface area contributed by atoms with Crippen molar-refractivity contribution in [2.75, 3.05) is 0 Å². The van der Waals surface area contributed by atoms with Crippen LogP contribution < -0.4 is 0 Å². The Morgan fingerprint density at radius 2 is 1.90 bits per heavy atom. The summed E-state index contributed by atoms with van der Waals surface area (Å²) in [7, 11) is 0. The summed E-state index contributed by atoms with van der Waals surface area (Å²) >= 11 is 0. The largest absolute Gasteiger partial charge is 0.419 e. The smallest absolute Gasteiger partial charge is 0.291 e. The van der Waals surface area contributed by atoms with Crippen molar-refractivity contribution in [3.8, 4) is 0 Å². The molecule has 0 heterocycles. The summed E-state index contributed by atoms with van der Waals surface area (Å²) in [4.78, 5) is 22.4. The van der Waals surface area contributed by atoms with E-state index in [4.69, 9.17) is 0 Å². The van der Waals surface area contributed by atoms with E-state index in [2.05, 4.69) is 0 Å². The first-order valence-corrected chi connectivity index (χ1v) is 6.25. The maximum Gasteiger partial charge on any atom is 0.419 e. The van der Waals surface area contributed by atoms with Crippen LogP contribution in [0.4, 0.5) is 17.6 Å². The number of halogens is 4. The summed E-state index contributed by atoms with van der Waals surface area (Å²) in [5.41, 5.74) is -4.81. The summed E-state index contributed by atoms with van der Waals surface area (Å²) in [6.45, 7) is 0. The lowest BCUT2D eigenvalue weighted by Gasteiger charge is -2.28. The van der Waals surface area contributed by atoms with Crippen molar-refractivity contribution in [2.24, 2.45) is 0 Å². The Balaban J connectivity index is 2.68. The standard InChI is InChI=1S/C13H11F4NO3/c14-11-8(4-3-5-9(11)13(15,16)17)12(18(20)21)7-2-1-6-10(12)19/h3-5H,1-2,6-7H2. The Labute approximate surface area is 116 Å². The van der Waals surface area contributed by atoms with E-state index in [1.165, 1.54) is 0 Å². The number of carbonyl (C=O) groups excluding carboxylic acids is 1. The van der Waals surface area contributed by atoms with Crippen LogP contribution in [0, 0.1) is 15.9 Å². The normalized spacial score (nSPS) is 23.1. The van der Waals surface area contributed by atoms with Gasteiger partial charge in [-0.25, -0.2) is 4.39 Å². The van der Waals surface area contributed by atoms with E-state index >= 15 is 0 Å². The minimum atomic E-state index is -4.98. The molecule has 1 atom stereocenters. The molecule has 1 aromatic rings. The minimum absolute atomic E-state index is 0.142. The fraction of sp³-hybridized carbons (Fsp3) is 0.462. The topological polar surface area (TPSA) is 60.2 Å². The van der Waals surface area contributed by atoms with E-state index in [1.807, 2.05) is 0 Å². The molecular weight excluding hydrogens is 294 g/mol. The van der Waals surface area contributed by atoms with Crippen LogP contribution in [0.1, 0.15) is 36.8 Å². The van der Waals surface area contributed by atoms with Gasteiger partial charge in [0.05, 0.1) is 11.1 Å². The highest BCUT2D eigenvalue weighted by molar-refractivity contribution is 5.89. The molecule has 1 fully saturated rings. The van der Waals surface area contributed by atoms with Gasteiger partial charge in [0.2, 0.25) is 5.78 Å². The molecule has 0 amide bonds. The zero-order valence-electron chi connectivity index (χ0n) is 10.7. The van der Waals surface area contributed by atoms with E-state index < -0.39 is 39.4 Å². The van der Waals surface area contributed by atoms with Gasteiger partial charge in [0, 0.05) is 17.8 Å². The maximum absolute atomic E-state index is 14.2. The summed E-state index contributed by atoms with van der Waals surface area (Å²) in [6.07, 6.45) is -4.72. The van der Waals surface area contributed by atoms with E-state index in [0.29, 0.717) is 12.5 Å². The van der Waals surface area contributed by atoms with E-state index in [0.717, 1.165) is 12.1 Å². The third-order valence-electron chi connectivity index (χ3n) is 3.72.